The Labute approximate surface area is 251 Å². The number of amides is 1. The van der Waals surface area contributed by atoms with Gasteiger partial charge in [0.2, 0.25) is 11.9 Å². The lowest BCUT2D eigenvalue weighted by Gasteiger charge is -2.36. The quantitative estimate of drug-likeness (QED) is 0.271. The van der Waals surface area contributed by atoms with Gasteiger partial charge in [-0.25, -0.2) is 9.97 Å². The number of ether oxygens (including phenoxy) is 1. The molecule has 3 heterocycles. The molecule has 1 fully saturated rings. The van der Waals surface area contributed by atoms with Crippen molar-refractivity contribution in [3.63, 3.8) is 0 Å². The zero-order chi connectivity index (χ0) is 29.4. The third-order valence-corrected chi connectivity index (χ3v) is 8.76. The van der Waals surface area contributed by atoms with Crippen LogP contribution in [-0.2, 0) is 23.1 Å². The number of carbonyl (C=O) groups excluding carboxylic acids is 1. The Bertz CT molecular complexity index is 1440. The lowest BCUT2D eigenvalue weighted by molar-refractivity contribution is -0.119. The number of nitrogens with zero attached hydrogens (tertiary/aromatic N) is 3. The molecule has 1 saturated heterocycles. The Hall–Kier alpha value is -3.01. The standard InChI is InChI=1S/C32H40BrN5O3/c1-31(2,40)19-38-15-7-9-22(18-38)21-12-14-25(27(16-21)41-5)37-30-34-17-23(33)24(36-30)13-11-20-8-6-10-26-28(20)32(3,4)29(39)35-26/h6,8,10,12,14,16-17,22,40H,7,9,11,13,15,18-19H2,1-5H3,(H,35,39)(H,34,36,37). The van der Waals surface area contributed by atoms with E-state index in [1.807, 2.05) is 45.9 Å². The Morgan fingerprint density at radius 3 is 2.80 bits per heavy atom. The summed E-state index contributed by atoms with van der Waals surface area (Å²) >= 11 is 3.62. The summed E-state index contributed by atoms with van der Waals surface area (Å²) in [5, 5.41) is 16.6. The minimum Gasteiger partial charge on any atom is -0.495 e. The van der Waals surface area contributed by atoms with Gasteiger partial charge >= 0.3 is 0 Å². The van der Waals surface area contributed by atoms with E-state index in [-0.39, 0.29) is 5.91 Å². The molecule has 2 aromatic carbocycles. The number of rotatable bonds is 9. The molecule has 3 aromatic rings. The monoisotopic (exact) mass is 621 g/mol. The molecule has 0 aliphatic carbocycles. The number of fused-ring (bicyclic) bond motifs is 1. The van der Waals surface area contributed by atoms with Gasteiger partial charge in [-0.3, -0.25) is 9.69 Å². The summed E-state index contributed by atoms with van der Waals surface area (Å²) < 4.78 is 6.62. The molecule has 9 heteroatoms. The van der Waals surface area contributed by atoms with Crippen molar-refractivity contribution >= 4 is 39.2 Å². The number of piperidine rings is 1. The van der Waals surface area contributed by atoms with Gasteiger partial charge in [-0.1, -0.05) is 18.2 Å². The molecule has 2 aliphatic heterocycles. The maximum atomic E-state index is 12.5. The van der Waals surface area contributed by atoms with E-state index in [1.165, 1.54) is 5.56 Å². The number of hydrogen-bond donors (Lipinski definition) is 3. The second-order valence-electron chi connectivity index (χ2n) is 12.4. The van der Waals surface area contributed by atoms with Crippen LogP contribution in [-0.4, -0.2) is 58.2 Å². The third-order valence-electron chi connectivity index (χ3n) is 8.10. The molecule has 0 spiro atoms. The number of anilines is 3. The van der Waals surface area contributed by atoms with E-state index in [4.69, 9.17) is 9.72 Å². The summed E-state index contributed by atoms with van der Waals surface area (Å²) in [6.45, 7) is 10.3. The van der Waals surface area contributed by atoms with E-state index in [2.05, 4.69) is 54.6 Å². The number of hydrogen-bond acceptors (Lipinski definition) is 7. The molecule has 1 aromatic heterocycles. The number of benzene rings is 2. The van der Waals surface area contributed by atoms with Crippen LogP contribution in [0, 0.1) is 0 Å². The zero-order valence-electron chi connectivity index (χ0n) is 24.6. The largest absolute Gasteiger partial charge is 0.495 e. The summed E-state index contributed by atoms with van der Waals surface area (Å²) in [5.74, 6) is 1.66. The fraction of sp³-hybridized carbons (Fsp3) is 0.469. The highest BCUT2D eigenvalue weighted by Gasteiger charge is 2.39. The van der Waals surface area contributed by atoms with Crippen LogP contribution in [0.2, 0.25) is 0 Å². The third kappa shape index (κ3) is 6.58. The average molecular weight is 623 g/mol. The van der Waals surface area contributed by atoms with Crippen molar-refractivity contribution in [1.29, 1.82) is 0 Å². The molecule has 0 bridgehead atoms. The highest BCUT2D eigenvalue weighted by molar-refractivity contribution is 9.10. The predicted molar refractivity (Wildman–Crippen MR) is 166 cm³/mol. The number of aryl methyl sites for hydroxylation is 2. The molecule has 0 saturated carbocycles. The smallest absolute Gasteiger partial charge is 0.234 e. The second kappa shape index (κ2) is 11.7. The predicted octanol–water partition coefficient (Wildman–Crippen LogP) is 5.96. The Morgan fingerprint density at radius 2 is 2.05 bits per heavy atom. The number of carbonyl (C=O) groups is 1. The Balaban J connectivity index is 1.30. The maximum Gasteiger partial charge on any atom is 0.234 e. The zero-order valence-corrected chi connectivity index (χ0v) is 26.1. The molecule has 8 nitrogen and oxygen atoms in total. The molecule has 1 unspecified atom stereocenters. The summed E-state index contributed by atoms with van der Waals surface area (Å²) in [6.07, 6.45) is 5.44. The molecule has 0 radical (unpaired) electrons. The van der Waals surface area contributed by atoms with Crippen LogP contribution in [0.3, 0.4) is 0 Å². The van der Waals surface area contributed by atoms with Crippen LogP contribution in [0.15, 0.2) is 47.1 Å². The first-order chi connectivity index (χ1) is 19.4. The number of aliphatic hydroxyl groups is 1. The summed E-state index contributed by atoms with van der Waals surface area (Å²) in [7, 11) is 1.68. The number of aromatic nitrogens is 2. The van der Waals surface area contributed by atoms with Gasteiger partial charge in [-0.05, 0) is 117 Å². The topological polar surface area (TPSA) is 99.6 Å². The van der Waals surface area contributed by atoms with Crippen molar-refractivity contribution in [1.82, 2.24) is 14.9 Å². The summed E-state index contributed by atoms with van der Waals surface area (Å²) in [4.78, 5) is 24.2. The van der Waals surface area contributed by atoms with Gasteiger partial charge < -0.3 is 20.5 Å². The molecule has 41 heavy (non-hydrogen) atoms. The van der Waals surface area contributed by atoms with Crippen molar-refractivity contribution in [3.05, 3.63) is 69.5 Å². The SMILES string of the molecule is COc1cc(C2CCCN(CC(C)(C)O)C2)ccc1Nc1ncc(Br)c(CCc2cccc3c2C(C)(C)C(=O)N3)n1. The van der Waals surface area contributed by atoms with E-state index in [0.717, 1.165) is 70.8 Å². The molecular weight excluding hydrogens is 582 g/mol. The second-order valence-corrected chi connectivity index (χ2v) is 13.2. The van der Waals surface area contributed by atoms with E-state index in [1.54, 1.807) is 13.3 Å². The van der Waals surface area contributed by atoms with Crippen molar-refractivity contribution in [2.24, 2.45) is 0 Å². The number of halogens is 1. The van der Waals surface area contributed by atoms with Gasteiger partial charge in [0, 0.05) is 25.0 Å². The highest BCUT2D eigenvalue weighted by atomic mass is 79.9. The average Bonchev–Trinajstić information content (AvgIpc) is 3.16. The molecular formula is C32H40BrN5O3. The first-order valence-electron chi connectivity index (χ1n) is 14.3. The van der Waals surface area contributed by atoms with Gasteiger partial charge in [-0.15, -0.1) is 0 Å². The number of methoxy groups -OCH3 is 1. The van der Waals surface area contributed by atoms with Gasteiger partial charge in [0.1, 0.15) is 5.75 Å². The van der Waals surface area contributed by atoms with Crippen LogP contribution in [0.5, 0.6) is 5.75 Å². The molecule has 2 aliphatic rings. The molecule has 218 valence electrons. The van der Waals surface area contributed by atoms with Crippen molar-refractivity contribution in [2.45, 2.75) is 70.3 Å². The van der Waals surface area contributed by atoms with Crippen LogP contribution in [0.25, 0.3) is 0 Å². The summed E-state index contributed by atoms with van der Waals surface area (Å²) in [5.41, 5.74) is 4.78. The van der Waals surface area contributed by atoms with Crippen LogP contribution < -0.4 is 15.4 Å². The van der Waals surface area contributed by atoms with E-state index >= 15 is 0 Å². The maximum absolute atomic E-state index is 12.5. The molecule has 5 rings (SSSR count). The first kappa shape index (κ1) is 29.5. The first-order valence-corrected chi connectivity index (χ1v) is 15.1. The van der Waals surface area contributed by atoms with E-state index in [9.17, 15) is 9.90 Å². The van der Waals surface area contributed by atoms with Crippen molar-refractivity contribution in [3.8, 4) is 5.75 Å². The summed E-state index contributed by atoms with van der Waals surface area (Å²) in [6, 6.07) is 12.3. The van der Waals surface area contributed by atoms with Crippen LogP contribution in [0.4, 0.5) is 17.3 Å². The fourth-order valence-electron chi connectivity index (χ4n) is 6.14. The van der Waals surface area contributed by atoms with Gasteiger partial charge in [0.05, 0.1) is 34.0 Å². The van der Waals surface area contributed by atoms with Gasteiger partial charge in [0.15, 0.2) is 0 Å². The van der Waals surface area contributed by atoms with Crippen LogP contribution >= 0.6 is 15.9 Å². The van der Waals surface area contributed by atoms with Gasteiger partial charge in [-0.2, -0.15) is 0 Å². The van der Waals surface area contributed by atoms with Crippen LogP contribution in [0.1, 0.15) is 68.8 Å². The van der Waals surface area contributed by atoms with Crippen molar-refractivity contribution < 1.29 is 14.6 Å². The Kier molecular flexibility index (Phi) is 8.41. The number of β-amino-alcohol motifs (C(OH)–C–C–N with tert-alkyl or cyclic N) is 1. The molecule has 3 N–H and O–H groups in total. The van der Waals surface area contributed by atoms with Gasteiger partial charge in [0.25, 0.3) is 0 Å². The molecule has 1 atom stereocenters. The van der Waals surface area contributed by atoms with E-state index < -0.39 is 11.0 Å². The lowest BCUT2D eigenvalue weighted by atomic mass is 9.82. The number of nitrogens with one attached hydrogen (secondary N) is 2. The number of likely N-dealkylation sites (tertiary alicyclic amines) is 1. The lowest BCUT2D eigenvalue weighted by Crippen LogP contribution is -2.43. The van der Waals surface area contributed by atoms with Crippen molar-refractivity contribution in [2.75, 3.05) is 37.4 Å². The minimum atomic E-state index is -0.704. The fourth-order valence-corrected chi connectivity index (χ4v) is 6.53. The minimum absolute atomic E-state index is 0.0320. The van der Waals surface area contributed by atoms with E-state index in [0.29, 0.717) is 24.8 Å². The molecule has 1 amide bonds. The highest BCUT2D eigenvalue weighted by Crippen LogP contribution is 2.40. The Morgan fingerprint density at radius 1 is 1.24 bits per heavy atom. The normalized spacial score (nSPS) is 18.6.